The molecule has 0 aromatic heterocycles. The molecule has 89 heavy (non-hydrogen) atoms. The summed E-state index contributed by atoms with van der Waals surface area (Å²) in [7, 11) is -8.91. The highest BCUT2D eigenvalue weighted by atomic mass is 28.4. The smallest absolute Gasteiger partial charge is 0.300 e. The molecule has 0 spiro atoms. The molecule has 11 aromatic rings. The Morgan fingerprint density at radius 1 is 0.202 bits per heavy atom. The summed E-state index contributed by atoms with van der Waals surface area (Å²) in [6, 6.07) is 125. The molecule has 6 nitrogen and oxygen atoms in total. The van der Waals surface area contributed by atoms with Crippen LogP contribution in [0.15, 0.2) is 349 Å². The van der Waals surface area contributed by atoms with Gasteiger partial charge in [-0.25, -0.2) is 0 Å². The molecule has 9 heteroatoms. The van der Waals surface area contributed by atoms with E-state index >= 15 is 0 Å². The Hall–Kier alpha value is -9.52. The van der Waals surface area contributed by atoms with Gasteiger partial charge in [0.1, 0.15) is 0 Å². The molecule has 0 aliphatic carbocycles. The van der Waals surface area contributed by atoms with Crippen LogP contribution in [0.4, 0.5) is 0 Å². The maximum Gasteiger partial charge on any atom is 0.300 e. The van der Waals surface area contributed by atoms with Gasteiger partial charge in [0, 0.05) is 67.2 Å². The van der Waals surface area contributed by atoms with Crippen molar-refractivity contribution in [3.05, 3.63) is 395 Å². The first-order valence-electron chi connectivity index (χ1n) is 31.1. The zero-order valence-corrected chi connectivity index (χ0v) is 53.6. The van der Waals surface area contributed by atoms with Crippen molar-refractivity contribution in [3.63, 3.8) is 0 Å². The van der Waals surface area contributed by atoms with Gasteiger partial charge in [0.15, 0.2) is 0 Å². The fourth-order valence-corrected chi connectivity index (χ4v) is 23.6. The predicted octanol–water partition coefficient (Wildman–Crippen LogP) is 17.9. The van der Waals surface area contributed by atoms with E-state index in [0.717, 1.165) is 82.7 Å². The Morgan fingerprint density at radius 3 is 0.539 bits per heavy atom. The largest absolute Gasteiger partial charge is 0.454 e. The minimum atomic E-state index is -3.01. The van der Waals surface area contributed by atoms with E-state index < -0.39 is 25.0 Å². The van der Waals surface area contributed by atoms with E-state index in [1.54, 1.807) is 0 Å². The quantitative estimate of drug-likeness (QED) is 0.0256. The van der Waals surface area contributed by atoms with E-state index in [9.17, 15) is 0 Å². The average molecular weight is 1210 g/mol. The summed E-state index contributed by atoms with van der Waals surface area (Å²) in [4.78, 5) is 0. The summed E-state index contributed by atoms with van der Waals surface area (Å²) < 4.78 is 22.9. The van der Waals surface area contributed by atoms with Crippen molar-refractivity contribution in [1.29, 1.82) is 0 Å². The Bertz CT molecular complexity index is 3440. The number of hydrogen-bond donors (Lipinski definition) is 0. The van der Waals surface area contributed by atoms with Crippen molar-refractivity contribution in [2.75, 3.05) is 0 Å². The summed E-state index contributed by atoms with van der Waals surface area (Å²) >= 11 is 0. The van der Waals surface area contributed by atoms with Crippen molar-refractivity contribution in [1.82, 2.24) is 0 Å². The van der Waals surface area contributed by atoms with Gasteiger partial charge in [0.25, 0.3) is 25.0 Å². The van der Waals surface area contributed by atoms with Gasteiger partial charge in [0.05, 0.1) is 17.1 Å². The molecule has 0 atom stereocenters. The number of benzene rings is 11. The van der Waals surface area contributed by atoms with Gasteiger partial charge < -0.3 is 13.6 Å². The number of hydrogen-bond acceptors (Lipinski definition) is 6. The standard InChI is InChI=1S/C80H77N3O3Si3/c1-12-34-67(35-13-1)58-87(59-68-36-14-2-15-37-68,60-69-38-16-3-17-39-69)84-81-78(56-79(76-52-30-10-31-53-76)82-85-88(61-70-40-18-4-19-41-70,62-71-42-20-5-21-43-71)63-72-44-22-6-23-45-72)57-80(77-54-32-11-33-55-77)83-86-89(64-73-46-24-7-25-47-73,65-74-48-26-8-27-49-74)66-75-50-28-9-29-51-75/h1-55H,56-66H2/b81-78?,82-79-,83-80+. The minimum absolute atomic E-state index is 0.301. The van der Waals surface area contributed by atoms with Gasteiger partial charge in [-0.2, -0.15) is 0 Å². The van der Waals surface area contributed by atoms with E-state index in [1.807, 2.05) is 0 Å². The van der Waals surface area contributed by atoms with Crippen LogP contribution in [-0.4, -0.2) is 42.1 Å². The highest BCUT2D eigenvalue weighted by Crippen LogP contribution is 2.30. The SMILES string of the molecule is c1ccc(C[Si](Cc2ccccc2)(Cc2ccccc2)ON=C(C/C(=N/O[Si](Cc2ccccc2)(Cc2ccccc2)Cc2ccccc2)c2ccccc2)C/C(=N\O[Si](Cc2ccccc2)(Cc2ccccc2)Cc2ccccc2)c2ccccc2)cc1. The third kappa shape index (κ3) is 18.5. The van der Waals surface area contributed by atoms with Crippen LogP contribution < -0.4 is 0 Å². The Labute approximate surface area is 530 Å². The topological polar surface area (TPSA) is 64.8 Å². The molecule has 11 aromatic carbocycles. The zero-order valence-electron chi connectivity index (χ0n) is 50.6. The van der Waals surface area contributed by atoms with Crippen molar-refractivity contribution < 1.29 is 13.6 Å². The van der Waals surface area contributed by atoms with Crippen molar-refractivity contribution in [2.24, 2.45) is 15.5 Å². The van der Waals surface area contributed by atoms with E-state index in [1.165, 1.54) is 50.1 Å². The maximum atomic E-state index is 7.69. The molecule has 0 fully saturated rings. The molecule has 442 valence electrons. The van der Waals surface area contributed by atoms with Crippen molar-refractivity contribution in [2.45, 2.75) is 67.2 Å². The lowest BCUT2D eigenvalue weighted by Crippen LogP contribution is -2.46. The van der Waals surface area contributed by atoms with Gasteiger partial charge >= 0.3 is 0 Å². The summed E-state index contributed by atoms with van der Waals surface area (Å²) in [5, 5.41) is 16.7. The summed E-state index contributed by atoms with van der Waals surface area (Å²) in [6.07, 6.45) is 0.602. The molecule has 0 N–H and O–H groups in total. The third-order valence-electron chi connectivity index (χ3n) is 16.3. The lowest BCUT2D eigenvalue weighted by Gasteiger charge is -2.31. The van der Waals surface area contributed by atoms with Gasteiger partial charge in [-0.1, -0.05) is 334 Å². The van der Waals surface area contributed by atoms with Crippen LogP contribution in [0.1, 0.15) is 74.0 Å². The summed E-state index contributed by atoms with van der Waals surface area (Å²) in [6.45, 7) is 0. The second-order valence-electron chi connectivity index (χ2n) is 23.6. The molecule has 0 unspecified atom stereocenters. The number of oxime groups is 3. The summed E-state index contributed by atoms with van der Waals surface area (Å²) in [5.41, 5.74) is 15.2. The second kappa shape index (κ2) is 31.4. The van der Waals surface area contributed by atoms with E-state index in [0.29, 0.717) is 12.8 Å². The predicted molar refractivity (Wildman–Crippen MR) is 374 cm³/mol. The van der Waals surface area contributed by atoms with Crippen molar-refractivity contribution >= 4 is 42.1 Å². The fraction of sp³-hybridized carbons (Fsp3) is 0.138. The number of rotatable bonds is 30. The minimum Gasteiger partial charge on any atom is -0.454 e. The molecule has 0 aliphatic heterocycles. The molecule has 0 heterocycles. The lowest BCUT2D eigenvalue weighted by atomic mass is 9.99. The van der Waals surface area contributed by atoms with Crippen LogP contribution in [0.5, 0.6) is 0 Å². The zero-order chi connectivity index (χ0) is 60.5. The Kier molecular flexibility index (Phi) is 21.6. The first kappa shape index (κ1) is 61.1. The molecular weight excluding hydrogens is 1140 g/mol. The molecule has 0 aliphatic rings. The van der Waals surface area contributed by atoms with E-state index in [2.05, 4.69) is 334 Å². The highest BCUT2D eigenvalue weighted by Gasteiger charge is 2.42. The molecule has 0 radical (unpaired) electrons. The molecular formula is C80H77N3O3Si3. The number of nitrogens with zero attached hydrogens (tertiary/aromatic N) is 3. The van der Waals surface area contributed by atoms with Gasteiger partial charge in [0.2, 0.25) is 0 Å². The first-order chi connectivity index (χ1) is 43.9. The van der Waals surface area contributed by atoms with Crippen LogP contribution in [0.3, 0.4) is 0 Å². The van der Waals surface area contributed by atoms with Gasteiger partial charge in [-0.05, 0) is 61.2 Å². The normalized spacial score (nSPS) is 12.3. The van der Waals surface area contributed by atoms with Crippen LogP contribution in [0.2, 0.25) is 0 Å². The van der Waals surface area contributed by atoms with Crippen LogP contribution in [-0.2, 0) is 68.0 Å². The first-order valence-corrected chi connectivity index (χ1v) is 38.7. The van der Waals surface area contributed by atoms with Gasteiger partial charge in [-0.15, -0.1) is 15.5 Å². The monoisotopic (exact) mass is 1210 g/mol. The molecule has 0 amide bonds. The molecule has 0 saturated heterocycles. The van der Waals surface area contributed by atoms with Crippen molar-refractivity contribution in [3.8, 4) is 0 Å². The second-order valence-corrected chi connectivity index (χ2v) is 34.4. The third-order valence-corrected chi connectivity index (χ3v) is 27.3. The fourth-order valence-electron chi connectivity index (χ4n) is 12.2. The average Bonchev–Trinajstić information content (AvgIpc) is 3.11. The Morgan fingerprint density at radius 2 is 0.360 bits per heavy atom. The van der Waals surface area contributed by atoms with Crippen LogP contribution >= 0.6 is 0 Å². The van der Waals surface area contributed by atoms with Crippen LogP contribution in [0, 0.1) is 0 Å². The van der Waals surface area contributed by atoms with E-state index in [-0.39, 0.29) is 0 Å². The molecule has 0 bridgehead atoms. The van der Waals surface area contributed by atoms with Gasteiger partial charge in [-0.3, -0.25) is 0 Å². The molecule has 0 saturated carbocycles. The summed E-state index contributed by atoms with van der Waals surface area (Å²) in [5.74, 6) is 0. The van der Waals surface area contributed by atoms with E-state index in [4.69, 9.17) is 29.0 Å². The Balaban J connectivity index is 1.09. The maximum absolute atomic E-state index is 7.69. The highest BCUT2D eigenvalue weighted by molar-refractivity contribution is 6.73. The molecule has 11 rings (SSSR count). The van der Waals surface area contributed by atoms with Crippen LogP contribution in [0.25, 0.3) is 0 Å². The lowest BCUT2D eigenvalue weighted by molar-refractivity contribution is 0.312.